The van der Waals surface area contributed by atoms with Crippen molar-refractivity contribution in [2.24, 2.45) is 11.8 Å². The highest BCUT2D eigenvalue weighted by Crippen LogP contribution is 2.43. The van der Waals surface area contributed by atoms with Gasteiger partial charge in [-0.2, -0.15) is 0 Å². The number of phenols is 1. The first-order chi connectivity index (χ1) is 13.2. The number of fused-ring (bicyclic) bond motifs is 2. The van der Waals surface area contributed by atoms with Crippen LogP contribution < -0.4 is 4.74 Å². The molecule has 0 saturated heterocycles. The highest BCUT2D eigenvalue weighted by Gasteiger charge is 2.35. The van der Waals surface area contributed by atoms with Crippen LogP contribution in [0.5, 0.6) is 11.6 Å². The lowest BCUT2D eigenvalue weighted by Crippen LogP contribution is -2.26. The Morgan fingerprint density at radius 2 is 1.85 bits per heavy atom. The summed E-state index contributed by atoms with van der Waals surface area (Å²) in [6.07, 6.45) is 9.89. The van der Waals surface area contributed by atoms with E-state index >= 15 is 0 Å². The molecule has 1 unspecified atom stereocenters. The number of aromatic nitrogens is 5. The molecule has 0 aliphatic heterocycles. The number of aromatic hydroxyl groups is 1. The highest BCUT2D eigenvalue weighted by atomic mass is 16.5. The second kappa shape index (κ2) is 6.64. The molecule has 0 amide bonds. The maximum absolute atomic E-state index is 10.4. The first-order valence-electron chi connectivity index (χ1n) is 9.45. The zero-order valence-electron chi connectivity index (χ0n) is 14.9. The fraction of sp³-hybridized carbons (Fsp3) is 0.400. The molecule has 27 heavy (non-hydrogen) atoms. The molecule has 2 aliphatic rings. The third kappa shape index (κ3) is 3.25. The van der Waals surface area contributed by atoms with Gasteiger partial charge in [-0.1, -0.05) is 18.1 Å². The van der Waals surface area contributed by atoms with E-state index in [1.165, 1.54) is 19.3 Å². The van der Waals surface area contributed by atoms with Gasteiger partial charge in [0.15, 0.2) is 0 Å². The van der Waals surface area contributed by atoms with Crippen molar-refractivity contribution in [3.05, 3.63) is 42.7 Å². The van der Waals surface area contributed by atoms with Crippen LogP contribution >= 0.6 is 0 Å². The molecule has 2 fully saturated rings. The van der Waals surface area contributed by atoms with Gasteiger partial charge < -0.3 is 9.84 Å². The normalized spacial score (nSPS) is 24.1. The smallest absolute Gasteiger partial charge is 0.233 e. The zero-order chi connectivity index (χ0) is 18.2. The minimum Gasteiger partial charge on any atom is -0.507 e. The Bertz CT molecular complexity index is 914. The Labute approximate surface area is 157 Å². The molecule has 3 atom stereocenters. The number of hydrogen-bond donors (Lipinski definition) is 1. The van der Waals surface area contributed by atoms with Crippen molar-refractivity contribution < 1.29 is 9.84 Å². The van der Waals surface area contributed by atoms with Crippen LogP contribution in [0.4, 0.5) is 0 Å². The van der Waals surface area contributed by atoms with Crippen LogP contribution in [0.25, 0.3) is 16.9 Å². The van der Waals surface area contributed by atoms with Gasteiger partial charge in [0.25, 0.3) is 0 Å². The van der Waals surface area contributed by atoms with E-state index in [4.69, 9.17) is 4.74 Å². The predicted molar refractivity (Wildman–Crippen MR) is 98.5 cm³/mol. The zero-order valence-corrected chi connectivity index (χ0v) is 14.9. The largest absolute Gasteiger partial charge is 0.507 e. The number of ether oxygens (including phenoxy) is 1. The summed E-state index contributed by atoms with van der Waals surface area (Å²) in [6, 6.07) is 8.96. The Morgan fingerprint density at radius 1 is 1.00 bits per heavy atom. The van der Waals surface area contributed by atoms with Crippen molar-refractivity contribution in [3.63, 3.8) is 0 Å². The SMILES string of the molecule is Oc1cc(-n2ccnn2)ccc1-c1ccc(O[C@H]2CC3CC[C@@H](C3)C2)nn1. The summed E-state index contributed by atoms with van der Waals surface area (Å²) in [5.74, 6) is 2.32. The Balaban J connectivity index is 1.31. The van der Waals surface area contributed by atoms with E-state index < -0.39 is 0 Å². The van der Waals surface area contributed by atoms with Gasteiger partial charge in [0.05, 0.1) is 23.8 Å². The van der Waals surface area contributed by atoms with Crippen LogP contribution in [0, 0.1) is 11.8 Å². The summed E-state index contributed by atoms with van der Waals surface area (Å²) in [5, 5.41) is 26.6. The van der Waals surface area contributed by atoms with Crippen molar-refractivity contribution in [2.45, 2.75) is 38.2 Å². The Kier molecular flexibility index (Phi) is 3.99. The van der Waals surface area contributed by atoms with E-state index in [0.717, 1.165) is 30.4 Å². The Morgan fingerprint density at radius 3 is 2.52 bits per heavy atom. The van der Waals surface area contributed by atoms with Crippen LogP contribution in [-0.4, -0.2) is 36.4 Å². The van der Waals surface area contributed by atoms with E-state index in [1.807, 2.05) is 18.2 Å². The third-order valence-corrected chi connectivity index (χ3v) is 5.71. The van der Waals surface area contributed by atoms with Gasteiger partial charge in [-0.15, -0.1) is 15.3 Å². The van der Waals surface area contributed by atoms with E-state index in [2.05, 4.69) is 20.5 Å². The molecular formula is C20H21N5O2. The van der Waals surface area contributed by atoms with Gasteiger partial charge in [-0.05, 0) is 49.3 Å². The molecule has 0 spiro atoms. The number of nitrogens with zero attached hydrogens (tertiary/aromatic N) is 5. The lowest BCUT2D eigenvalue weighted by molar-refractivity contribution is 0.113. The van der Waals surface area contributed by atoms with Crippen molar-refractivity contribution in [1.29, 1.82) is 0 Å². The molecule has 2 aliphatic carbocycles. The summed E-state index contributed by atoms with van der Waals surface area (Å²) in [7, 11) is 0. The predicted octanol–water partition coefficient (Wildman–Crippen LogP) is 3.39. The van der Waals surface area contributed by atoms with Crippen molar-refractivity contribution >= 4 is 0 Å². The van der Waals surface area contributed by atoms with Gasteiger partial charge >= 0.3 is 0 Å². The van der Waals surface area contributed by atoms with Crippen LogP contribution in [0.15, 0.2) is 42.7 Å². The minimum absolute atomic E-state index is 0.120. The number of rotatable bonds is 4. The molecule has 2 heterocycles. The molecule has 1 N–H and O–H groups in total. The van der Waals surface area contributed by atoms with Crippen LogP contribution in [0.1, 0.15) is 32.1 Å². The summed E-state index contributed by atoms with van der Waals surface area (Å²) in [5.41, 5.74) is 1.95. The maximum Gasteiger partial charge on any atom is 0.233 e. The average Bonchev–Trinajstić information content (AvgIpc) is 3.32. The topological polar surface area (TPSA) is 86.0 Å². The monoisotopic (exact) mass is 363 g/mol. The first kappa shape index (κ1) is 16.2. The van der Waals surface area contributed by atoms with Gasteiger partial charge in [0, 0.05) is 17.7 Å². The fourth-order valence-corrected chi connectivity index (χ4v) is 4.47. The summed E-state index contributed by atoms with van der Waals surface area (Å²) >= 11 is 0. The van der Waals surface area contributed by atoms with E-state index in [0.29, 0.717) is 17.1 Å². The second-order valence-corrected chi connectivity index (χ2v) is 7.56. The third-order valence-electron chi connectivity index (χ3n) is 5.71. The number of benzene rings is 1. The second-order valence-electron chi connectivity index (χ2n) is 7.56. The van der Waals surface area contributed by atoms with E-state index in [9.17, 15) is 5.11 Å². The molecule has 2 aromatic heterocycles. The molecule has 3 aromatic rings. The quantitative estimate of drug-likeness (QED) is 0.765. The number of hydrogen-bond acceptors (Lipinski definition) is 6. The average molecular weight is 363 g/mol. The minimum atomic E-state index is 0.120. The standard InChI is InChI=1S/C20H21N5O2/c26-19-12-15(25-8-7-21-24-25)3-4-17(19)18-5-6-20(23-22-18)27-16-10-13-1-2-14(9-13)11-16/h3-8,12-14,16,26H,1-2,9-11H2/t13-,14?,16+/m0/s1. The summed E-state index contributed by atoms with van der Waals surface area (Å²) in [4.78, 5) is 0. The molecule has 138 valence electrons. The molecule has 1 aromatic carbocycles. The fourth-order valence-electron chi connectivity index (χ4n) is 4.47. The van der Waals surface area contributed by atoms with Gasteiger partial charge in [-0.25, -0.2) is 4.68 Å². The molecule has 0 radical (unpaired) electrons. The van der Waals surface area contributed by atoms with E-state index in [-0.39, 0.29) is 11.9 Å². The van der Waals surface area contributed by atoms with Crippen molar-refractivity contribution in [1.82, 2.24) is 25.2 Å². The molecule has 2 saturated carbocycles. The van der Waals surface area contributed by atoms with Gasteiger partial charge in [-0.3, -0.25) is 0 Å². The van der Waals surface area contributed by atoms with Gasteiger partial charge in [0.2, 0.25) is 5.88 Å². The molecule has 7 heteroatoms. The van der Waals surface area contributed by atoms with Crippen LogP contribution in [0.2, 0.25) is 0 Å². The van der Waals surface area contributed by atoms with Crippen molar-refractivity contribution in [2.75, 3.05) is 0 Å². The molecule has 2 bridgehead atoms. The van der Waals surface area contributed by atoms with Crippen LogP contribution in [0.3, 0.4) is 0 Å². The first-order valence-corrected chi connectivity index (χ1v) is 9.45. The number of phenolic OH excluding ortho intramolecular Hbond substituents is 1. The van der Waals surface area contributed by atoms with E-state index in [1.54, 1.807) is 29.2 Å². The lowest BCUT2D eigenvalue weighted by Gasteiger charge is -2.27. The summed E-state index contributed by atoms with van der Waals surface area (Å²) in [6.45, 7) is 0. The van der Waals surface area contributed by atoms with Gasteiger partial charge in [0.1, 0.15) is 11.9 Å². The summed E-state index contributed by atoms with van der Waals surface area (Å²) < 4.78 is 7.66. The van der Waals surface area contributed by atoms with Crippen molar-refractivity contribution in [3.8, 4) is 28.6 Å². The molecular weight excluding hydrogens is 342 g/mol. The molecule has 7 nitrogen and oxygen atoms in total. The maximum atomic E-state index is 10.4. The van der Waals surface area contributed by atoms with Crippen LogP contribution in [-0.2, 0) is 0 Å². The molecule has 5 rings (SSSR count). The highest BCUT2D eigenvalue weighted by molar-refractivity contribution is 5.68. The Hall–Kier alpha value is -2.96. The lowest BCUT2D eigenvalue weighted by atomic mass is 9.87.